The van der Waals surface area contributed by atoms with Gasteiger partial charge in [0.2, 0.25) is 0 Å². The fraction of sp³-hybridized carbons (Fsp3) is 0.367. The van der Waals surface area contributed by atoms with Crippen molar-refractivity contribution in [2.75, 3.05) is 13.7 Å². The summed E-state index contributed by atoms with van der Waals surface area (Å²) in [5, 5.41) is 9.68. The van der Waals surface area contributed by atoms with Crippen molar-refractivity contribution in [2.45, 2.75) is 50.8 Å². The van der Waals surface area contributed by atoms with Crippen LogP contribution in [0.4, 0.5) is 0 Å². The smallest absolute Gasteiger partial charge is 0.303 e. The van der Waals surface area contributed by atoms with Crippen LogP contribution in [-0.4, -0.2) is 49.4 Å². The molecule has 1 saturated heterocycles. The molecule has 7 heteroatoms. The van der Waals surface area contributed by atoms with Gasteiger partial charge < -0.3 is 28.8 Å². The molecule has 0 aliphatic carbocycles. The lowest BCUT2D eigenvalue weighted by Gasteiger charge is -2.45. The predicted molar refractivity (Wildman–Crippen MR) is 138 cm³/mol. The van der Waals surface area contributed by atoms with Gasteiger partial charge in [0.05, 0.1) is 39.0 Å². The fourth-order valence-electron chi connectivity index (χ4n) is 4.56. The van der Waals surface area contributed by atoms with E-state index in [0.717, 1.165) is 16.7 Å². The number of aliphatic carboxylic acids is 1. The highest BCUT2D eigenvalue weighted by molar-refractivity contribution is 5.67. The van der Waals surface area contributed by atoms with Gasteiger partial charge in [0.25, 0.3) is 0 Å². The van der Waals surface area contributed by atoms with Crippen molar-refractivity contribution in [3.8, 4) is 0 Å². The largest absolute Gasteiger partial charge is 0.481 e. The van der Waals surface area contributed by atoms with Crippen LogP contribution in [0.25, 0.3) is 0 Å². The third kappa shape index (κ3) is 7.95. The Balaban J connectivity index is 1.56. The monoisotopic (exact) mass is 506 g/mol. The van der Waals surface area contributed by atoms with Crippen molar-refractivity contribution in [2.24, 2.45) is 5.92 Å². The van der Waals surface area contributed by atoms with Gasteiger partial charge in [0.15, 0.2) is 6.29 Å². The third-order valence-corrected chi connectivity index (χ3v) is 6.38. The molecular formula is C30H34O7. The lowest BCUT2D eigenvalue weighted by Crippen LogP contribution is -2.58. The molecule has 3 aromatic carbocycles. The molecule has 7 nitrogen and oxygen atoms in total. The highest BCUT2D eigenvalue weighted by atomic mass is 16.7. The molecule has 0 saturated carbocycles. The molecule has 4 rings (SSSR count). The Bertz CT molecular complexity index is 1060. The molecule has 196 valence electrons. The predicted octanol–water partition coefficient (Wildman–Crippen LogP) is 4.84. The molecule has 0 unspecified atom stereocenters. The van der Waals surface area contributed by atoms with Gasteiger partial charge in [-0.25, -0.2) is 0 Å². The van der Waals surface area contributed by atoms with Crippen molar-refractivity contribution in [1.29, 1.82) is 0 Å². The number of carboxylic acid groups (broad SMARTS) is 1. The Morgan fingerprint density at radius 3 is 1.73 bits per heavy atom. The molecule has 1 N–H and O–H groups in total. The van der Waals surface area contributed by atoms with Crippen LogP contribution in [0, 0.1) is 5.92 Å². The minimum atomic E-state index is -0.954. The van der Waals surface area contributed by atoms with Gasteiger partial charge >= 0.3 is 5.97 Å². The summed E-state index contributed by atoms with van der Waals surface area (Å²) in [5.41, 5.74) is 3.02. The summed E-state index contributed by atoms with van der Waals surface area (Å²) in [6, 6.07) is 29.5. The summed E-state index contributed by atoms with van der Waals surface area (Å²) in [6.45, 7) is 1.28. The molecule has 3 aromatic rings. The average Bonchev–Trinajstić information content (AvgIpc) is 2.93. The topological polar surface area (TPSA) is 83.5 Å². The fourth-order valence-corrected chi connectivity index (χ4v) is 4.56. The maximum atomic E-state index is 11.8. The number of hydrogen-bond acceptors (Lipinski definition) is 6. The summed E-state index contributed by atoms with van der Waals surface area (Å²) in [7, 11) is 1.51. The van der Waals surface area contributed by atoms with E-state index in [1.54, 1.807) is 0 Å². The molecule has 0 radical (unpaired) electrons. The van der Waals surface area contributed by atoms with Crippen molar-refractivity contribution in [3.05, 3.63) is 108 Å². The second-order valence-corrected chi connectivity index (χ2v) is 9.06. The van der Waals surface area contributed by atoms with Gasteiger partial charge in [0, 0.05) is 13.0 Å². The molecular weight excluding hydrogens is 472 g/mol. The number of carbonyl (C=O) groups is 1. The Morgan fingerprint density at radius 1 is 0.757 bits per heavy atom. The van der Waals surface area contributed by atoms with Crippen LogP contribution in [0.5, 0.6) is 0 Å². The van der Waals surface area contributed by atoms with Crippen LogP contribution in [0.1, 0.15) is 23.1 Å². The van der Waals surface area contributed by atoms with Crippen LogP contribution >= 0.6 is 0 Å². The molecule has 1 heterocycles. The molecule has 1 fully saturated rings. The Labute approximate surface area is 217 Å². The van der Waals surface area contributed by atoms with E-state index in [4.69, 9.17) is 23.7 Å². The van der Waals surface area contributed by atoms with E-state index < -0.39 is 36.5 Å². The first kappa shape index (κ1) is 27.0. The normalized spacial score (nSPS) is 23.5. The second-order valence-electron chi connectivity index (χ2n) is 9.06. The molecule has 37 heavy (non-hydrogen) atoms. The van der Waals surface area contributed by atoms with Crippen LogP contribution in [0.3, 0.4) is 0 Å². The highest BCUT2D eigenvalue weighted by Gasteiger charge is 2.48. The first-order chi connectivity index (χ1) is 18.1. The van der Waals surface area contributed by atoms with E-state index in [-0.39, 0.29) is 13.0 Å². The minimum Gasteiger partial charge on any atom is -0.481 e. The van der Waals surface area contributed by atoms with Crippen LogP contribution in [0.15, 0.2) is 91.0 Å². The lowest BCUT2D eigenvalue weighted by molar-refractivity contribution is -0.300. The van der Waals surface area contributed by atoms with Crippen LogP contribution in [0.2, 0.25) is 0 Å². The third-order valence-electron chi connectivity index (χ3n) is 6.38. The molecule has 0 spiro atoms. The zero-order chi connectivity index (χ0) is 25.9. The zero-order valence-corrected chi connectivity index (χ0v) is 21.0. The number of rotatable bonds is 13. The van der Waals surface area contributed by atoms with Gasteiger partial charge in [-0.15, -0.1) is 0 Å². The van der Waals surface area contributed by atoms with Crippen molar-refractivity contribution < 1.29 is 33.6 Å². The quantitative estimate of drug-likeness (QED) is 0.355. The van der Waals surface area contributed by atoms with E-state index in [9.17, 15) is 9.90 Å². The SMILES string of the molecule is CO[C@@H]1O[C@H](COCc2ccccc2)[C@H](OCc2ccccc2)[C@H](OCc2ccccc2)[C@H]1CC(=O)O. The first-order valence-electron chi connectivity index (χ1n) is 12.5. The number of hydrogen-bond donors (Lipinski definition) is 1. The molecule has 0 amide bonds. The number of ether oxygens (including phenoxy) is 5. The molecule has 0 aromatic heterocycles. The van der Waals surface area contributed by atoms with E-state index >= 15 is 0 Å². The average molecular weight is 507 g/mol. The Kier molecular flexibility index (Phi) is 10.2. The molecule has 5 atom stereocenters. The van der Waals surface area contributed by atoms with E-state index in [1.165, 1.54) is 7.11 Å². The van der Waals surface area contributed by atoms with Crippen LogP contribution < -0.4 is 0 Å². The summed E-state index contributed by atoms with van der Waals surface area (Å²) in [4.78, 5) is 11.8. The highest BCUT2D eigenvalue weighted by Crippen LogP contribution is 2.34. The summed E-state index contributed by atoms with van der Waals surface area (Å²) in [6.07, 6.45) is -2.65. The van der Waals surface area contributed by atoms with E-state index in [1.807, 2.05) is 91.0 Å². The van der Waals surface area contributed by atoms with Gasteiger partial charge in [-0.2, -0.15) is 0 Å². The summed E-state index contributed by atoms with van der Waals surface area (Å²) < 4.78 is 30.7. The van der Waals surface area contributed by atoms with Gasteiger partial charge in [-0.05, 0) is 16.7 Å². The number of benzene rings is 3. The van der Waals surface area contributed by atoms with Gasteiger partial charge in [0.1, 0.15) is 12.2 Å². The maximum Gasteiger partial charge on any atom is 0.303 e. The van der Waals surface area contributed by atoms with Crippen molar-refractivity contribution in [1.82, 2.24) is 0 Å². The zero-order valence-electron chi connectivity index (χ0n) is 21.0. The maximum absolute atomic E-state index is 11.8. The molecule has 1 aliphatic rings. The lowest BCUT2D eigenvalue weighted by atomic mass is 9.88. The van der Waals surface area contributed by atoms with Gasteiger partial charge in [-0.3, -0.25) is 4.79 Å². The van der Waals surface area contributed by atoms with Crippen molar-refractivity contribution in [3.63, 3.8) is 0 Å². The summed E-state index contributed by atoms with van der Waals surface area (Å²) in [5.74, 6) is -1.53. The van der Waals surface area contributed by atoms with Crippen molar-refractivity contribution >= 4 is 5.97 Å². The van der Waals surface area contributed by atoms with Gasteiger partial charge in [-0.1, -0.05) is 91.0 Å². The Morgan fingerprint density at radius 2 is 1.24 bits per heavy atom. The first-order valence-corrected chi connectivity index (χ1v) is 12.5. The second kappa shape index (κ2) is 14.0. The standard InChI is InChI=1S/C30H34O7/c1-33-30-25(17-27(31)32)28(35-19-23-13-7-3-8-14-23)29(36-20-24-15-9-4-10-16-24)26(37-30)21-34-18-22-11-5-2-6-12-22/h2-16,25-26,28-30H,17-21H2,1H3,(H,31,32)/t25-,26-,28-,29+,30-/m1/s1. The number of carboxylic acids is 1. The van der Waals surface area contributed by atoms with Crippen LogP contribution in [-0.2, 0) is 48.3 Å². The number of methoxy groups -OCH3 is 1. The molecule has 0 bridgehead atoms. The minimum absolute atomic E-state index is 0.180. The van der Waals surface area contributed by atoms with E-state index in [0.29, 0.717) is 19.8 Å². The Hall–Kier alpha value is -3.07. The van der Waals surface area contributed by atoms with E-state index in [2.05, 4.69) is 0 Å². The summed E-state index contributed by atoms with van der Waals surface area (Å²) >= 11 is 0. The molecule has 1 aliphatic heterocycles.